The molecular formula is C19H21ClN4O2S. The quantitative estimate of drug-likeness (QED) is 0.533. The zero-order valence-electron chi connectivity index (χ0n) is 15.2. The third-order valence-electron chi connectivity index (χ3n) is 4.03. The van der Waals surface area contributed by atoms with Crippen molar-refractivity contribution in [3.8, 4) is 11.4 Å². The highest BCUT2D eigenvalue weighted by molar-refractivity contribution is 7.99. The average molecular weight is 405 g/mol. The van der Waals surface area contributed by atoms with E-state index >= 15 is 0 Å². The Bertz CT molecular complexity index is 922. The van der Waals surface area contributed by atoms with Crippen LogP contribution in [0.4, 0.5) is 5.69 Å². The molecule has 142 valence electrons. The SMILES string of the molecule is CCCCn1c(SCC(=O)Nc2ccccc2Cl)nnc1-c1ccoc1C. The van der Waals surface area contributed by atoms with Crippen molar-refractivity contribution >= 4 is 35.0 Å². The Morgan fingerprint density at radius 3 is 2.81 bits per heavy atom. The highest BCUT2D eigenvalue weighted by Gasteiger charge is 2.18. The molecule has 0 saturated carbocycles. The number of rotatable bonds is 8. The molecule has 0 bridgehead atoms. The van der Waals surface area contributed by atoms with Gasteiger partial charge < -0.3 is 14.3 Å². The molecule has 0 aliphatic carbocycles. The summed E-state index contributed by atoms with van der Waals surface area (Å²) in [6, 6.07) is 9.05. The molecule has 1 aromatic carbocycles. The number of carbonyl (C=O) groups excluding carboxylic acids is 1. The Morgan fingerprint density at radius 1 is 1.30 bits per heavy atom. The lowest BCUT2D eigenvalue weighted by Crippen LogP contribution is -2.15. The first-order chi connectivity index (χ1) is 13.1. The standard InChI is InChI=1S/C19H21ClN4O2S/c1-3-4-10-24-18(14-9-11-26-13(14)2)22-23-19(24)27-12-17(25)21-16-8-6-5-7-15(16)20/h5-9,11H,3-4,10,12H2,1-2H3,(H,21,25). The number of carbonyl (C=O) groups is 1. The van der Waals surface area contributed by atoms with Gasteiger partial charge in [-0.1, -0.05) is 48.8 Å². The van der Waals surface area contributed by atoms with Crippen LogP contribution < -0.4 is 5.32 Å². The van der Waals surface area contributed by atoms with E-state index in [1.165, 1.54) is 11.8 Å². The predicted molar refractivity (Wildman–Crippen MR) is 108 cm³/mol. The van der Waals surface area contributed by atoms with E-state index in [0.717, 1.165) is 36.5 Å². The van der Waals surface area contributed by atoms with Crippen LogP contribution in [-0.2, 0) is 11.3 Å². The molecule has 3 aromatic rings. The zero-order chi connectivity index (χ0) is 19.2. The highest BCUT2D eigenvalue weighted by Crippen LogP contribution is 2.28. The number of para-hydroxylation sites is 1. The van der Waals surface area contributed by atoms with Gasteiger partial charge in [-0.3, -0.25) is 4.79 Å². The normalized spacial score (nSPS) is 10.9. The lowest BCUT2D eigenvalue weighted by molar-refractivity contribution is -0.113. The summed E-state index contributed by atoms with van der Waals surface area (Å²) in [7, 11) is 0. The summed E-state index contributed by atoms with van der Waals surface area (Å²) in [5, 5.41) is 12.7. The first-order valence-corrected chi connectivity index (χ1v) is 10.1. The summed E-state index contributed by atoms with van der Waals surface area (Å²) < 4.78 is 7.45. The fourth-order valence-corrected chi connectivity index (χ4v) is 3.56. The van der Waals surface area contributed by atoms with Crippen LogP contribution in [0.5, 0.6) is 0 Å². The van der Waals surface area contributed by atoms with Crippen LogP contribution >= 0.6 is 23.4 Å². The third kappa shape index (κ3) is 4.73. The lowest BCUT2D eigenvalue weighted by atomic mass is 10.2. The molecule has 8 heteroatoms. The fourth-order valence-electron chi connectivity index (χ4n) is 2.61. The maximum atomic E-state index is 12.3. The minimum absolute atomic E-state index is 0.140. The van der Waals surface area contributed by atoms with Crippen LogP contribution in [-0.4, -0.2) is 26.4 Å². The van der Waals surface area contributed by atoms with Crippen LogP contribution in [0.1, 0.15) is 25.5 Å². The number of aryl methyl sites for hydroxylation is 1. The molecule has 0 fully saturated rings. The molecule has 0 aliphatic rings. The van der Waals surface area contributed by atoms with E-state index in [1.54, 1.807) is 18.4 Å². The van der Waals surface area contributed by atoms with E-state index in [9.17, 15) is 4.79 Å². The van der Waals surface area contributed by atoms with Crippen LogP contribution in [0, 0.1) is 6.92 Å². The van der Waals surface area contributed by atoms with Crippen molar-refractivity contribution in [1.29, 1.82) is 0 Å². The summed E-state index contributed by atoms with van der Waals surface area (Å²) in [4.78, 5) is 12.3. The second kappa shape index (κ2) is 9.10. The number of benzene rings is 1. The number of aromatic nitrogens is 3. The van der Waals surface area contributed by atoms with Gasteiger partial charge in [-0.2, -0.15) is 0 Å². The van der Waals surface area contributed by atoms with Crippen molar-refractivity contribution in [3.63, 3.8) is 0 Å². The van der Waals surface area contributed by atoms with Gasteiger partial charge in [0.25, 0.3) is 0 Å². The Morgan fingerprint density at radius 2 is 2.11 bits per heavy atom. The monoisotopic (exact) mass is 404 g/mol. The van der Waals surface area contributed by atoms with E-state index in [-0.39, 0.29) is 11.7 Å². The molecule has 0 unspecified atom stereocenters. The van der Waals surface area contributed by atoms with Crippen LogP contribution in [0.3, 0.4) is 0 Å². The number of furan rings is 1. The number of nitrogens with zero attached hydrogens (tertiary/aromatic N) is 3. The number of nitrogens with one attached hydrogen (secondary N) is 1. The average Bonchev–Trinajstić information content (AvgIpc) is 3.25. The van der Waals surface area contributed by atoms with Gasteiger partial charge in [0, 0.05) is 6.54 Å². The van der Waals surface area contributed by atoms with Gasteiger partial charge in [0.15, 0.2) is 11.0 Å². The first kappa shape index (κ1) is 19.5. The maximum absolute atomic E-state index is 12.3. The Kier molecular flexibility index (Phi) is 6.58. The topological polar surface area (TPSA) is 73.0 Å². The lowest BCUT2D eigenvalue weighted by Gasteiger charge is -2.10. The summed E-state index contributed by atoms with van der Waals surface area (Å²) in [6.07, 6.45) is 3.70. The highest BCUT2D eigenvalue weighted by atomic mass is 35.5. The smallest absolute Gasteiger partial charge is 0.234 e. The van der Waals surface area contributed by atoms with Gasteiger partial charge in [0.05, 0.1) is 28.3 Å². The molecule has 2 aromatic heterocycles. The number of amides is 1. The van der Waals surface area contributed by atoms with Gasteiger partial charge >= 0.3 is 0 Å². The van der Waals surface area contributed by atoms with Crippen molar-refractivity contribution in [2.75, 3.05) is 11.1 Å². The van der Waals surface area contributed by atoms with Gasteiger partial charge in [-0.15, -0.1) is 10.2 Å². The number of anilines is 1. The largest absolute Gasteiger partial charge is 0.469 e. The summed E-state index contributed by atoms with van der Waals surface area (Å²) in [5.74, 6) is 1.65. The maximum Gasteiger partial charge on any atom is 0.234 e. The molecule has 0 saturated heterocycles. The molecule has 0 radical (unpaired) electrons. The fraction of sp³-hybridized carbons (Fsp3) is 0.316. The molecule has 0 spiro atoms. The number of hydrogen-bond acceptors (Lipinski definition) is 5. The van der Waals surface area contributed by atoms with Crippen LogP contribution in [0.2, 0.25) is 5.02 Å². The Labute approximate surface area is 167 Å². The molecule has 6 nitrogen and oxygen atoms in total. The number of hydrogen-bond donors (Lipinski definition) is 1. The van der Waals surface area contributed by atoms with Gasteiger partial charge in [-0.05, 0) is 31.5 Å². The van der Waals surface area contributed by atoms with Gasteiger partial charge in [0.2, 0.25) is 5.91 Å². The zero-order valence-corrected chi connectivity index (χ0v) is 16.8. The Balaban J connectivity index is 1.72. The molecule has 2 heterocycles. The molecular weight excluding hydrogens is 384 g/mol. The summed E-state index contributed by atoms with van der Waals surface area (Å²) >= 11 is 7.44. The van der Waals surface area contributed by atoms with Crippen molar-refractivity contribution in [3.05, 3.63) is 47.4 Å². The number of halogens is 1. The van der Waals surface area contributed by atoms with E-state index in [2.05, 4.69) is 27.0 Å². The molecule has 3 rings (SSSR count). The van der Waals surface area contributed by atoms with E-state index in [1.807, 2.05) is 25.1 Å². The first-order valence-electron chi connectivity index (χ1n) is 8.75. The van der Waals surface area contributed by atoms with E-state index < -0.39 is 0 Å². The molecule has 27 heavy (non-hydrogen) atoms. The summed E-state index contributed by atoms with van der Waals surface area (Å²) in [5.41, 5.74) is 1.53. The Hall–Kier alpha value is -2.25. The van der Waals surface area contributed by atoms with E-state index in [0.29, 0.717) is 15.9 Å². The van der Waals surface area contributed by atoms with Crippen LogP contribution in [0.25, 0.3) is 11.4 Å². The number of unbranched alkanes of at least 4 members (excludes halogenated alkanes) is 1. The summed E-state index contributed by atoms with van der Waals surface area (Å²) in [6.45, 7) is 4.83. The van der Waals surface area contributed by atoms with Gasteiger partial charge in [0.1, 0.15) is 5.76 Å². The van der Waals surface area contributed by atoms with Gasteiger partial charge in [-0.25, -0.2) is 0 Å². The third-order valence-corrected chi connectivity index (χ3v) is 5.33. The molecule has 0 atom stereocenters. The van der Waals surface area contributed by atoms with E-state index in [4.69, 9.17) is 16.0 Å². The van der Waals surface area contributed by atoms with Crippen molar-refractivity contribution in [1.82, 2.24) is 14.8 Å². The van der Waals surface area contributed by atoms with Crippen molar-refractivity contribution < 1.29 is 9.21 Å². The second-order valence-electron chi connectivity index (χ2n) is 6.02. The molecule has 0 aliphatic heterocycles. The number of thioether (sulfide) groups is 1. The predicted octanol–water partition coefficient (Wildman–Crippen LogP) is 5.03. The van der Waals surface area contributed by atoms with Crippen molar-refractivity contribution in [2.24, 2.45) is 0 Å². The minimum atomic E-state index is -0.140. The van der Waals surface area contributed by atoms with Crippen molar-refractivity contribution in [2.45, 2.75) is 38.4 Å². The second-order valence-corrected chi connectivity index (χ2v) is 7.37. The minimum Gasteiger partial charge on any atom is -0.469 e. The molecule has 1 N–H and O–H groups in total. The molecule has 1 amide bonds. The van der Waals surface area contributed by atoms with Crippen LogP contribution in [0.15, 0.2) is 46.2 Å².